The van der Waals surface area contributed by atoms with E-state index in [9.17, 15) is 0 Å². The van der Waals surface area contributed by atoms with Crippen molar-refractivity contribution < 1.29 is 4.74 Å². The van der Waals surface area contributed by atoms with Crippen LogP contribution in [0.4, 0.5) is 0 Å². The summed E-state index contributed by atoms with van der Waals surface area (Å²) in [5.74, 6) is 0. The lowest BCUT2D eigenvalue weighted by Gasteiger charge is -2.04. The minimum absolute atomic E-state index is 0.607. The topological polar surface area (TPSA) is 21.3 Å². The lowest BCUT2D eigenvalue weighted by Crippen LogP contribution is -2.15. The van der Waals surface area contributed by atoms with Crippen LogP contribution in [0.15, 0.2) is 24.3 Å². The van der Waals surface area contributed by atoms with Crippen LogP contribution in [-0.2, 0) is 17.7 Å². The maximum Gasteiger partial charge on any atom is 0.0964 e. The normalized spacial score (nSPS) is 10.3. The van der Waals surface area contributed by atoms with Gasteiger partial charge in [0.1, 0.15) is 0 Å². The summed E-state index contributed by atoms with van der Waals surface area (Å²) >= 11 is 0. The van der Waals surface area contributed by atoms with Crippen LogP contribution in [0.25, 0.3) is 0 Å². The smallest absolute Gasteiger partial charge is 0.0964 e. The third-order valence-corrected chi connectivity index (χ3v) is 2.01. The number of methoxy groups -OCH3 is 1. The molecule has 0 spiro atoms. The highest BCUT2D eigenvalue weighted by Crippen LogP contribution is 2.04. The first kappa shape index (κ1) is 10.2. The molecule has 1 aromatic carbocycles. The fourth-order valence-corrected chi connectivity index (χ4v) is 1.19. The van der Waals surface area contributed by atoms with Crippen molar-refractivity contribution in [1.29, 1.82) is 0 Å². The Hall–Kier alpha value is -0.860. The van der Waals surface area contributed by atoms with Gasteiger partial charge in [0.15, 0.2) is 0 Å². The number of benzene rings is 1. The zero-order valence-corrected chi connectivity index (χ0v) is 8.34. The van der Waals surface area contributed by atoms with E-state index in [1.165, 1.54) is 11.1 Å². The van der Waals surface area contributed by atoms with Gasteiger partial charge in [0.05, 0.1) is 6.73 Å². The molecular weight excluding hydrogens is 162 g/mol. The first-order valence-electron chi connectivity index (χ1n) is 4.64. The van der Waals surface area contributed by atoms with Crippen LogP contribution in [0.5, 0.6) is 0 Å². The van der Waals surface area contributed by atoms with Crippen LogP contribution in [0.3, 0.4) is 0 Å². The van der Waals surface area contributed by atoms with Crippen molar-refractivity contribution >= 4 is 0 Å². The third-order valence-electron chi connectivity index (χ3n) is 2.01. The highest BCUT2D eigenvalue weighted by molar-refractivity contribution is 5.22. The van der Waals surface area contributed by atoms with E-state index in [1.54, 1.807) is 7.11 Å². The van der Waals surface area contributed by atoms with Gasteiger partial charge in [0, 0.05) is 13.7 Å². The Labute approximate surface area is 79.9 Å². The molecule has 1 aromatic rings. The van der Waals surface area contributed by atoms with E-state index in [2.05, 4.69) is 36.5 Å². The van der Waals surface area contributed by atoms with Crippen molar-refractivity contribution in [3.63, 3.8) is 0 Å². The molecule has 2 heteroatoms. The predicted octanol–water partition coefficient (Wildman–Crippen LogP) is 1.94. The lowest BCUT2D eigenvalue weighted by atomic mass is 10.1. The van der Waals surface area contributed by atoms with Crippen molar-refractivity contribution in [2.75, 3.05) is 13.8 Å². The molecule has 2 nitrogen and oxygen atoms in total. The maximum atomic E-state index is 4.90. The van der Waals surface area contributed by atoms with Gasteiger partial charge in [-0.05, 0) is 17.5 Å². The second-order valence-corrected chi connectivity index (χ2v) is 3.03. The SMILES string of the molecule is CCc1ccc(CNCOC)cc1. The van der Waals surface area contributed by atoms with E-state index in [0.717, 1.165) is 13.0 Å². The molecule has 0 unspecified atom stereocenters. The number of nitrogens with one attached hydrogen (secondary N) is 1. The number of hydrogen-bond acceptors (Lipinski definition) is 2. The van der Waals surface area contributed by atoms with Crippen LogP contribution >= 0.6 is 0 Å². The number of ether oxygens (including phenoxy) is 1. The Morgan fingerprint density at radius 2 is 1.77 bits per heavy atom. The molecule has 0 aliphatic heterocycles. The quantitative estimate of drug-likeness (QED) is 0.551. The molecule has 0 radical (unpaired) electrons. The molecule has 0 aromatic heterocycles. The fraction of sp³-hybridized carbons (Fsp3) is 0.455. The zero-order valence-electron chi connectivity index (χ0n) is 8.34. The molecular formula is C11H17NO. The van der Waals surface area contributed by atoms with E-state index in [4.69, 9.17) is 4.74 Å². The largest absolute Gasteiger partial charge is 0.370 e. The summed E-state index contributed by atoms with van der Waals surface area (Å²) in [4.78, 5) is 0. The van der Waals surface area contributed by atoms with E-state index in [-0.39, 0.29) is 0 Å². The van der Waals surface area contributed by atoms with Crippen LogP contribution in [-0.4, -0.2) is 13.8 Å². The molecule has 0 aliphatic rings. The fourth-order valence-electron chi connectivity index (χ4n) is 1.19. The minimum atomic E-state index is 0.607. The molecule has 0 amide bonds. The average molecular weight is 179 g/mol. The Balaban J connectivity index is 2.40. The average Bonchev–Trinajstić information content (AvgIpc) is 2.19. The second-order valence-electron chi connectivity index (χ2n) is 3.03. The Bertz CT molecular complexity index is 230. The minimum Gasteiger partial charge on any atom is -0.370 e. The Morgan fingerprint density at radius 3 is 2.31 bits per heavy atom. The van der Waals surface area contributed by atoms with Crippen molar-refractivity contribution in [2.24, 2.45) is 0 Å². The van der Waals surface area contributed by atoms with Gasteiger partial charge in [0.2, 0.25) is 0 Å². The molecule has 72 valence electrons. The van der Waals surface area contributed by atoms with E-state index < -0.39 is 0 Å². The first-order valence-corrected chi connectivity index (χ1v) is 4.64. The molecule has 1 rings (SSSR count). The van der Waals surface area contributed by atoms with Crippen LogP contribution < -0.4 is 5.32 Å². The van der Waals surface area contributed by atoms with Gasteiger partial charge in [-0.3, -0.25) is 5.32 Å². The summed E-state index contributed by atoms with van der Waals surface area (Å²) in [5.41, 5.74) is 2.68. The number of hydrogen-bond donors (Lipinski definition) is 1. The second kappa shape index (κ2) is 5.73. The van der Waals surface area contributed by atoms with Gasteiger partial charge in [-0.1, -0.05) is 31.2 Å². The van der Waals surface area contributed by atoms with Gasteiger partial charge in [-0.25, -0.2) is 0 Å². The molecule has 0 fully saturated rings. The molecule has 0 aliphatic carbocycles. The summed E-state index contributed by atoms with van der Waals surface area (Å²) in [6.07, 6.45) is 1.10. The molecule has 0 atom stereocenters. The van der Waals surface area contributed by atoms with Crippen molar-refractivity contribution in [2.45, 2.75) is 19.9 Å². The molecule has 1 N–H and O–H groups in total. The van der Waals surface area contributed by atoms with E-state index >= 15 is 0 Å². The number of rotatable bonds is 5. The highest BCUT2D eigenvalue weighted by atomic mass is 16.5. The Kier molecular flexibility index (Phi) is 4.50. The van der Waals surface area contributed by atoms with Gasteiger partial charge in [0.25, 0.3) is 0 Å². The van der Waals surface area contributed by atoms with Gasteiger partial charge in [-0.2, -0.15) is 0 Å². The summed E-state index contributed by atoms with van der Waals surface area (Å²) < 4.78 is 4.90. The first-order chi connectivity index (χ1) is 6.36. The van der Waals surface area contributed by atoms with Crippen molar-refractivity contribution in [3.8, 4) is 0 Å². The van der Waals surface area contributed by atoms with Crippen LogP contribution in [0.2, 0.25) is 0 Å². The van der Waals surface area contributed by atoms with E-state index in [1.807, 2.05) is 0 Å². The third kappa shape index (κ3) is 3.57. The molecule has 0 saturated carbocycles. The summed E-state index contributed by atoms with van der Waals surface area (Å²) in [7, 11) is 1.69. The molecule has 0 heterocycles. The highest BCUT2D eigenvalue weighted by Gasteiger charge is 1.92. The Morgan fingerprint density at radius 1 is 1.15 bits per heavy atom. The molecule has 13 heavy (non-hydrogen) atoms. The standard InChI is InChI=1S/C11H17NO/c1-3-10-4-6-11(7-5-10)8-12-9-13-2/h4-7,12H,3,8-9H2,1-2H3. The summed E-state index contributed by atoms with van der Waals surface area (Å²) in [5, 5.41) is 3.17. The van der Waals surface area contributed by atoms with Gasteiger partial charge < -0.3 is 4.74 Å². The summed E-state index contributed by atoms with van der Waals surface area (Å²) in [6, 6.07) is 8.65. The molecule has 0 bridgehead atoms. The van der Waals surface area contributed by atoms with Gasteiger partial charge >= 0.3 is 0 Å². The van der Waals surface area contributed by atoms with Crippen molar-refractivity contribution in [3.05, 3.63) is 35.4 Å². The van der Waals surface area contributed by atoms with Gasteiger partial charge in [-0.15, -0.1) is 0 Å². The van der Waals surface area contributed by atoms with Crippen LogP contribution in [0, 0.1) is 0 Å². The monoisotopic (exact) mass is 179 g/mol. The van der Waals surface area contributed by atoms with Crippen molar-refractivity contribution in [1.82, 2.24) is 5.32 Å². The van der Waals surface area contributed by atoms with Crippen LogP contribution in [0.1, 0.15) is 18.1 Å². The number of aryl methyl sites for hydroxylation is 1. The predicted molar refractivity (Wildman–Crippen MR) is 54.5 cm³/mol. The molecule has 0 saturated heterocycles. The summed E-state index contributed by atoms with van der Waals surface area (Å²) in [6.45, 7) is 3.64. The zero-order chi connectivity index (χ0) is 9.52. The van der Waals surface area contributed by atoms with E-state index in [0.29, 0.717) is 6.73 Å². The maximum absolute atomic E-state index is 4.90. The lowest BCUT2D eigenvalue weighted by molar-refractivity contribution is 0.174.